The summed E-state index contributed by atoms with van der Waals surface area (Å²) in [6.45, 7) is 2.24. The van der Waals surface area contributed by atoms with Gasteiger partial charge in [-0.15, -0.1) is 0 Å². The van der Waals surface area contributed by atoms with E-state index in [1.54, 1.807) is 25.6 Å². The minimum atomic E-state index is -0.0934. The third kappa shape index (κ3) is 4.57. The van der Waals surface area contributed by atoms with Crippen LogP contribution >= 0.6 is 0 Å². The Balaban J connectivity index is 1.84. The van der Waals surface area contributed by atoms with E-state index in [9.17, 15) is 4.79 Å². The van der Waals surface area contributed by atoms with Crippen LogP contribution in [-0.2, 0) is 4.79 Å². The minimum absolute atomic E-state index is 0.0871. The number of pyridine rings is 1. The van der Waals surface area contributed by atoms with Crippen molar-refractivity contribution in [2.45, 2.75) is 13.0 Å². The molecule has 0 aliphatic carbocycles. The van der Waals surface area contributed by atoms with Crippen molar-refractivity contribution in [3.63, 3.8) is 0 Å². The van der Waals surface area contributed by atoms with Gasteiger partial charge in [-0.05, 0) is 36.8 Å². The molecule has 1 amide bonds. The van der Waals surface area contributed by atoms with E-state index in [-0.39, 0.29) is 18.5 Å². The number of ether oxygens (including phenoxy) is 1. The van der Waals surface area contributed by atoms with Crippen LogP contribution in [0.25, 0.3) is 0 Å². The third-order valence-corrected chi connectivity index (χ3v) is 3.13. The van der Waals surface area contributed by atoms with Gasteiger partial charge in [-0.2, -0.15) is 0 Å². The van der Waals surface area contributed by atoms with Gasteiger partial charge in [0.15, 0.2) is 0 Å². The zero-order valence-electron chi connectivity index (χ0n) is 12.2. The van der Waals surface area contributed by atoms with Gasteiger partial charge in [0.05, 0.1) is 13.7 Å². The molecule has 0 aliphatic heterocycles. The highest BCUT2D eigenvalue weighted by molar-refractivity contribution is 5.92. The molecule has 0 unspecified atom stereocenters. The average Bonchev–Trinajstić information content (AvgIpc) is 2.53. The molecule has 2 rings (SSSR count). The maximum atomic E-state index is 11.9. The number of amides is 1. The molecule has 1 heterocycles. The molecule has 0 spiro atoms. The molecule has 0 bridgehead atoms. The fourth-order valence-corrected chi connectivity index (χ4v) is 1.92. The number of nitrogens with zero attached hydrogens (tertiary/aromatic N) is 1. The zero-order valence-corrected chi connectivity index (χ0v) is 12.2. The first-order chi connectivity index (χ1) is 10.2. The SMILES string of the molecule is COc1cccc(NC(=O)CN[C@H](C)c2ccncc2)c1. The highest BCUT2D eigenvalue weighted by Gasteiger charge is 2.08. The third-order valence-electron chi connectivity index (χ3n) is 3.13. The summed E-state index contributed by atoms with van der Waals surface area (Å²) < 4.78 is 5.12. The number of rotatable bonds is 6. The van der Waals surface area contributed by atoms with Crippen molar-refractivity contribution in [1.82, 2.24) is 10.3 Å². The van der Waals surface area contributed by atoms with Crippen LogP contribution in [0.5, 0.6) is 5.75 Å². The fourth-order valence-electron chi connectivity index (χ4n) is 1.92. The van der Waals surface area contributed by atoms with Crippen molar-refractivity contribution in [1.29, 1.82) is 0 Å². The Kier molecular flexibility index (Phi) is 5.29. The van der Waals surface area contributed by atoms with Gasteiger partial charge in [0.1, 0.15) is 5.75 Å². The van der Waals surface area contributed by atoms with E-state index < -0.39 is 0 Å². The number of hydrogen-bond donors (Lipinski definition) is 2. The summed E-state index contributed by atoms with van der Waals surface area (Å²) in [7, 11) is 1.60. The Morgan fingerprint density at radius 2 is 2.05 bits per heavy atom. The minimum Gasteiger partial charge on any atom is -0.497 e. The molecule has 1 aromatic heterocycles. The number of carbonyl (C=O) groups excluding carboxylic acids is 1. The Labute approximate surface area is 124 Å². The summed E-state index contributed by atoms with van der Waals surface area (Å²) in [4.78, 5) is 15.9. The highest BCUT2D eigenvalue weighted by atomic mass is 16.5. The second kappa shape index (κ2) is 7.40. The van der Waals surface area contributed by atoms with Gasteiger partial charge in [0.2, 0.25) is 5.91 Å². The van der Waals surface area contributed by atoms with E-state index in [1.165, 1.54) is 0 Å². The molecule has 2 aromatic rings. The zero-order chi connectivity index (χ0) is 15.1. The Hall–Kier alpha value is -2.40. The van der Waals surface area contributed by atoms with Gasteiger partial charge >= 0.3 is 0 Å². The normalized spacial score (nSPS) is 11.7. The maximum Gasteiger partial charge on any atom is 0.238 e. The summed E-state index contributed by atoms with van der Waals surface area (Å²) in [6, 6.07) is 11.2. The van der Waals surface area contributed by atoms with Gasteiger partial charge < -0.3 is 15.4 Å². The summed E-state index contributed by atoms with van der Waals surface area (Å²) in [5.74, 6) is 0.620. The number of aromatic nitrogens is 1. The van der Waals surface area contributed by atoms with Gasteiger partial charge in [0.25, 0.3) is 0 Å². The molecule has 5 heteroatoms. The maximum absolute atomic E-state index is 11.9. The number of methoxy groups -OCH3 is 1. The van der Waals surface area contributed by atoms with Crippen LogP contribution in [0.2, 0.25) is 0 Å². The van der Waals surface area contributed by atoms with E-state index >= 15 is 0 Å². The van der Waals surface area contributed by atoms with Crippen LogP contribution in [-0.4, -0.2) is 24.5 Å². The van der Waals surface area contributed by atoms with Crippen LogP contribution in [0.15, 0.2) is 48.8 Å². The van der Waals surface area contributed by atoms with Gasteiger partial charge in [-0.25, -0.2) is 0 Å². The Morgan fingerprint density at radius 1 is 1.29 bits per heavy atom. The van der Waals surface area contributed by atoms with Crippen molar-refractivity contribution in [3.05, 3.63) is 54.4 Å². The first kappa shape index (κ1) is 15.0. The molecule has 1 aromatic carbocycles. The second-order valence-electron chi connectivity index (χ2n) is 4.66. The lowest BCUT2D eigenvalue weighted by Gasteiger charge is -2.14. The lowest BCUT2D eigenvalue weighted by Crippen LogP contribution is -2.30. The predicted molar refractivity (Wildman–Crippen MR) is 82.3 cm³/mol. The van der Waals surface area contributed by atoms with Crippen molar-refractivity contribution < 1.29 is 9.53 Å². The summed E-state index contributed by atoms with van der Waals surface area (Å²) >= 11 is 0. The van der Waals surface area contributed by atoms with Gasteiger partial charge in [-0.3, -0.25) is 9.78 Å². The van der Waals surface area contributed by atoms with E-state index in [2.05, 4.69) is 15.6 Å². The summed E-state index contributed by atoms with van der Waals surface area (Å²) in [5.41, 5.74) is 1.82. The van der Waals surface area contributed by atoms with Crippen molar-refractivity contribution in [2.75, 3.05) is 19.0 Å². The average molecular weight is 285 g/mol. The molecule has 0 fully saturated rings. The van der Waals surface area contributed by atoms with Crippen LogP contribution in [0.3, 0.4) is 0 Å². The molecule has 2 N–H and O–H groups in total. The van der Waals surface area contributed by atoms with Crippen molar-refractivity contribution >= 4 is 11.6 Å². The molecule has 5 nitrogen and oxygen atoms in total. The van der Waals surface area contributed by atoms with Crippen molar-refractivity contribution in [3.8, 4) is 5.75 Å². The van der Waals surface area contributed by atoms with Crippen LogP contribution in [0.1, 0.15) is 18.5 Å². The van der Waals surface area contributed by atoms with Crippen LogP contribution < -0.4 is 15.4 Å². The predicted octanol–water partition coefficient (Wildman–Crippen LogP) is 2.38. The molecular weight excluding hydrogens is 266 g/mol. The molecule has 1 atom stereocenters. The van der Waals surface area contributed by atoms with Gasteiger partial charge in [-0.1, -0.05) is 6.07 Å². The first-order valence-electron chi connectivity index (χ1n) is 6.76. The van der Waals surface area contributed by atoms with Crippen LogP contribution in [0, 0.1) is 0 Å². The summed E-state index contributed by atoms with van der Waals surface area (Å²) in [6.07, 6.45) is 3.48. The van der Waals surface area contributed by atoms with E-state index in [0.29, 0.717) is 5.75 Å². The summed E-state index contributed by atoms with van der Waals surface area (Å²) in [5, 5.41) is 6.01. The molecule has 0 aliphatic rings. The fraction of sp³-hybridized carbons (Fsp3) is 0.250. The van der Waals surface area contributed by atoms with E-state index in [1.807, 2.05) is 37.3 Å². The van der Waals surface area contributed by atoms with Crippen molar-refractivity contribution in [2.24, 2.45) is 0 Å². The van der Waals surface area contributed by atoms with Crippen LogP contribution in [0.4, 0.5) is 5.69 Å². The monoisotopic (exact) mass is 285 g/mol. The number of anilines is 1. The smallest absolute Gasteiger partial charge is 0.238 e. The lowest BCUT2D eigenvalue weighted by atomic mass is 10.1. The molecule has 0 saturated carbocycles. The van der Waals surface area contributed by atoms with E-state index in [0.717, 1.165) is 11.3 Å². The highest BCUT2D eigenvalue weighted by Crippen LogP contribution is 2.16. The topological polar surface area (TPSA) is 63.2 Å². The first-order valence-corrected chi connectivity index (χ1v) is 6.76. The lowest BCUT2D eigenvalue weighted by molar-refractivity contribution is -0.115. The number of benzene rings is 1. The van der Waals surface area contributed by atoms with E-state index in [4.69, 9.17) is 4.74 Å². The Bertz CT molecular complexity index is 587. The molecule has 0 radical (unpaired) electrons. The standard InChI is InChI=1S/C16H19N3O2/c1-12(13-6-8-17-9-7-13)18-11-16(20)19-14-4-3-5-15(10-14)21-2/h3-10,12,18H,11H2,1-2H3,(H,19,20)/t12-/m1/s1. The molecule has 21 heavy (non-hydrogen) atoms. The second-order valence-corrected chi connectivity index (χ2v) is 4.66. The number of carbonyl (C=O) groups is 1. The molecular formula is C16H19N3O2. The number of nitrogens with one attached hydrogen (secondary N) is 2. The largest absolute Gasteiger partial charge is 0.497 e. The molecule has 0 saturated heterocycles. The molecule has 110 valence electrons. The van der Waals surface area contributed by atoms with Gasteiger partial charge in [0, 0.05) is 30.2 Å². The Morgan fingerprint density at radius 3 is 2.76 bits per heavy atom. The quantitative estimate of drug-likeness (QED) is 0.855. The number of hydrogen-bond acceptors (Lipinski definition) is 4.